The zero-order valence-electron chi connectivity index (χ0n) is 15.1. The first-order valence-electron chi connectivity index (χ1n) is 9.01. The van der Waals surface area contributed by atoms with Crippen LogP contribution < -0.4 is 0 Å². The lowest BCUT2D eigenvalue weighted by Gasteiger charge is -2.33. The summed E-state index contributed by atoms with van der Waals surface area (Å²) >= 11 is 0. The predicted octanol–water partition coefficient (Wildman–Crippen LogP) is 1.68. The highest BCUT2D eigenvalue weighted by molar-refractivity contribution is 5.80. The highest BCUT2D eigenvalue weighted by atomic mass is 16.5. The van der Waals surface area contributed by atoms with Gasteiger partial charge in [0.05, 0.1) is 25.9 Å². The van der Waals surface area contributed by atoms with Gasteiger partial charge in [0.15, 0.2) is 6.10 Å². The van der Waals surface area contributed by atoms with Crippen LogP contribution in [0.5, 0.6) is 0 Å². The van der Waals surface area contributed by atoms with Crippen molar-refractivity contribution < 1.29 is 23.4 Å². The normalized spacial score (nSPS) is 25.5. The molecule has 2 aliphatic rings. The molecule has 0 saturated carbocycles. The molecule has 1 amide bonds. The third kappa shape index (κ3) is 4.56. The average Bonchev–Trinajstić information content (AvgIpc) is 3.30. The van der Waals surface area contributed by atoms with Gasteiger partial charge < -0.3 is 23.5 Å². The fourth-order valence-electron chi connectivity index (χ4n) is 2.96. The van der Waals surface area contributed by atoms with Gasteiger partial charge in [-0.2, -0.15) is 0 Å². The molecule has 1 aromatic heterocycles. The number of hydrogen-bond donors (Lipinski definition) is 0. The molecule has 0 radical (unpaired) electrons. The minimum Gasteiger partial charge on any atom is -0.422 e. The fourth-order valence-corrected chi connectivity index (χ4v) is 2.96. The largest absolute Gasteiger partial charge is 0.422 e. The molecule has 8 nitrogen and oxygen atoms in total. The molecule has 0 unspecified atom stereocenters. The molecule has 2 saturated heterocycles. The van der Waals surface area contributed by atoms with Crippen LogP contribution in [0, 0.1) is 0 Å². The van der Waals surface area contributed by atoms with Gasteiger partial charge >= 0.3 is 0 Å². The van der Waals surface area contributed by atoms with Crippen LogP contribution in [0.1, 0.15) is 57.4 Å². The number of amides is 1. The van der Waals surface area contributed by atoms with E-state index in [1.807, 2.05) is 13.8 Å². The highest BCUT2D eigenvalue weighted by Crippen LogP contribution is 2.24. The second-order valence-corrected chi connectivity index (χ2v) is 6.89. The molecule has 1 aromatic rings. The molecule has 2 fully saturated rings. The molecule has 25 heavy (non-hydrogen) atoms. The van der Waals surface area contributed by atoms with E-state index in [0.717, 1.165) is 19.4 Å². The van der Waals surface area contributed by atoms with E-state index < -0.39 is 6.10 Å². The molecule has 0 N–H and O–H groups in total. The standard InChI is InChI=1S/C17H27N3O5/c1-11(2)15-18-19-16(25-15)14-9-20(6-8-23-14)17(21)12(3)24-10-13-5-4-7-22-13/h11-14H,4-10H2,1-3H3/t12-,13-,14-/m0/s1. The first kappa shape index (κ1) is 18.3. The summed E-state index contributed by atoms with van der Waals surface area (Å²) in [4.78, 5) is 14.4. The van der Waals surface area contributed by atoms with Crippen LogP contribution in [0.3, 0.4) is 0 Å². The molecule has 3 atom stereocenters. The van der Waals surface area contributed by atoms with Crippen molar-refractivity contribution in [2.45, 2.75) is 57.8 Å². The van der Waals surface area contributed by atoms with Crippen LogP contribution in [0.25, 0.3) is 0 Å². The van der Waals surface area contributed by atoms with Crippen LogP contribution >= 0.6 is 0 Å². The number of nitrogens with zero attached hydrogens (tertiary/aromatic N) is 3. The van der Waals surface area contributed by atoms with E-state index in [1.54, 1.807) is 11.8 Å². The van der Waals surface area contributed by atoms with Crippen molar-refractivity contribution in [3.05, 3.63) is 11.8 Å². The van der Waals surface area contributed by atoms with Gasteiger partial charge in [-0.15, -0.1) is 10.2 Å². The Hall–Kier alpha value is -1.51. The van der Waals surface area contributed by atoms with Gasteiger partial charge in [0, 0.05) is 19.1 Å². The van der Waals surface area contributed by atoms with E-state index in [4.69, 9.17) is 18.6 Å². The van der Waals surface area contributed by atoms with Crippen molar-refractivity contribution in [3.8, 4) is 0 Å². The Morgan fingerprint density at radius 3 is 2.80 bits per heavy atom. The number of carbonyl (C=O) groups excluding carboxylic acids is 1. The van der Waals surface area contributed by atoms with Crippen LogP contribution in [-0.2, 0) is 19.0 Å². The van der Waals surface area contributed by atoms with Crippen molar-refractivity contribution in [1.29, 1.82) is 0 Å². The highest BCUT2D eigenvalue weighted by Gasteiger charge is 2.32. The molecule has 3 rings (SSSR count). The monoisotopic (exact) mass is 353 g/mol. The van der Waals surface area contributed by atoms with Crippen molar-refractivity contribution in [3.63, 3.8) is 0 Å². The molecule has 8 heteroatoms. The summed E-state index contributed by atoms with van der Waals surface area (Å²) in [6.07, 6.45) is 1.28. The number of rotatable bonds is 6. The summed E-state index contributed by atoms with van der Waals surface area (Å²) < 4.78 is 22.6. The van der Waals surface area contributed by atoms with Crippen molar-refractivity contribution in [2.75, 3.05) is 32.9 Å². The summed E-state index contributed by atoms with van der Waals surface area (Å²) in [7, 11) is 0. The van der Waals surface area contributed by atoms with Gasteiger partial charge in [0.2, 0.25) is 11.8 Å². The van der Waals surface area contributed by atoms with Gasteiger partial charge in [-0.1, -0.05) is 13.8 Å². The van der Waals surface area contributed by atoms with Crippen LogP contribution in [0.15, 0.2) is 4.42 Å². The van der Waals surface area contributed by atoms with E-state index in [2.05, 4.69) is 10.2 Å². The Labute approximate surface area is 147 Å². The summed E-state index contributed by atoms with van der Waals surface area (Å²) in [5.41, 5.74) is 0. The molecule has 0 spiro atoms. The molecule has 0 aliphatic carbocycles. The molecule has 2 aliphatic heterocycles. The van der Waals surface area contributed by atoms with Gasteiger partial charge in [-0.25, -0.2) is 0 Å². The quantitative estimate of drug-likeness (QED) is 0.769. The number of carbonyl (C=O) groups is 1. The minimum absolute atomic E-state index is 0.0464. The van der Waals surface area contributed by atoms with Crippen molar-refractivity contribution >= 4 is 5.91 Å². The lowest BCUT2D eigenvalue weighted by Crippen LogP contribution is -2.47. The Morgan fingerprint density at radius 2 is 2.12 bits per heavy atom. The Bertz CT molecular complexity index is 570. The zero-order valence-corrected chi connectivity index (χ0v) is 15.1. The molecule has 0 aromatic carbocycles. The second kappa shape index (κ2) is 8.25. The maximum atomic E-state index is 12.6. The first-order valence-corrected chi connectivity index (χ1v) is 9.01. The third-order valence-electron chi connectivity index (χ3n) is 4.51. The molecule has 3 heterocycles. The summed E-state index contributed by atoms with van der Waals surface area (Å²) in [6, 6.07) is 0. The van der Waals surface area contributed by atoms with E-state index in [0.29, 0.717) is 38.1 Å². The number of ether oxygens (including phenoxy) is 3. The van der Waals surface area contributed by atoms with E-state index >= 15 is 0 Å². The second-order valence-electron chi connectivity index (χ2n) is 6.89. The van der Waals surface area contributed by atoms with Gasteiger partial charge in [0.1, 0.15) is 6.10 Å². The van der Waals surface area contributed by atoms with E-state index in [1.165, 1.54) is 0 Å². The maximum Gasteiger partial charge on any atom is 0.251 e. The Balaban J connectivity index is 1.53. The summed E-state index contributed by atoms with van der Waals surface area (Å²) in [5, 5.41) is 8.09. The van der Waals surface area contributed by atoms with Crippen LogP contribution in [0.4, 0.5) is 0 Å². The Morgan fingerprint density at radius 1 is 1.28 bits per heavy atom. The average molecular weight is 353 g/mol. The number of aromatic nitrogens is 2. The Kier molecular flexibility index (Phi) is 6.03. The fraction of sp³-hybridized carbons (Fsp3) is 0.824. The smallest absolute Gasteiger partial charge is 0.251 e. The lowest BCUT2D eigenvalue weighted by molar-refractivity contribution is -0.152. The van der Waals surface area contributed by atoms with Crippen molar-refractivity contribution in [1.82, 2.24) is 15.1 Å². The number of morpholine rings is 1. The van der Waals surface area contributed by atoms with Gasteiger partial charge in [-0.3, -0.25) is 4.79 Å². The number of hydrogen-bond acceptors (Lipinski definition) is 7. The molecule has 140 valence electrons. The molecular formula is C17H27N3O5. The lowest BCUT2D eigenvalue weighted by atomic mass is 10.2. The van der Waals surface area contributed by atoms with Crippen LogP contribution in [-0.4, -0.2) is 66.1 Å². The summed E-state index contributed by atoms with van der Waals surface area (Å²) in [6.45, 7) is 8.37. The van der Waals surface area contributed by atoms with E-state index in [9.17, 15) is 4.79 Å². The SMILES string of the molecule is CC(C)c1nnc([C@@H]2CN(C(=O)[C@H](C)OC[C@@H]3CCCO3)CCO2)o1. The van der Waals surface area contributed by atoms with Gasteiger partial charge in [-0.05, 0) is 19.8 Å². The van der Waals surface area contributed by atoms with E-state index in [-0.39, 0.29) is 24.0 Å². The molecular weight excluding hydrogens is 326 g/mol. The maximum absolute atomic E-state index is 12.6. The van der Waals surface area contributed by atoms with Crippen molar-refractivity contribution in [2.24, 2.45) is 0 Å². The topological polar surface area (TPSA) is 86.9 Å². The summed E-state index contributed by atoms with van der Waals surface area (Å²) in [5.74, 6) is 1.12. The first-order chi connectivity index (χ1) is 12.0. The van der Waals surface area contributed by atoms with Gasteiger partial charge in [0.25, 0.3) is 5.91 Å². The van der Waals surface area contributed by atoms with Crippen LogP contribution in [0.2, 0.25) is 0 Å². The molecule has 0 bridgehead atoms. The zero-order chi connectivity index (χ0) is 17.8. The predicted molar refractivity (Wildman–Crippen MR) is 88.0 cm³/mol. The minimum atomic E-state index is -0.503. The third-order valence-corrected chi connectivity index (χ3v) is 4.51.